The molecule has 0 spiro atoms. The Morgan fingerprint density at radius 2 is 1.89 bits per heavy atom. The Bertz CT molecular complexity index is 535. The summed E-state index contributed by atoms with van der Waals surface area (Å²) in [4.78, 5) is 9.57. The molecule has 0 saturated carbocycles. The van der Waals surface area contributed by atoms with E-state index in [0.29, 0.717) is 6.04 Å². The molecule has 6 nitrogen and oxygen atoms in total. The van der Waals surface area contributed by atoms with Gasteiger partial charge in [-0.1, -0.05) is 30.3 Å². The highest BCUT2D eigenvalue weighted by molar-refractivity contribution is 14.0. The second-order valence-corrected chi connectivity index (χ2v) is 7.26. The fourth-order valence-electron chi connectivity index (χ4n) is 3.17. The number of guanidine groups is 1. The molecule has 1 aliphatic rings. The number of nitrogens with zero attached hydrogens (tertiary/aromatic N) is 3. The van der Waals surface area contributed by atoms with Gasteiger partial charge in [-0.2, -0.15) is 0 Å². The summed E-state index contributed by atoms with van der Waals surface area (Å²) < 4.78 is 5.40. The number of benzene rings is 1. The van der Waals surface area contributed by atoms with Gasteiger partial charge in [0.25, 0.3) is 0 Å². The van der Waals surface area contributed by atoms with E-state index in [1.54, 1.807) is 0 Å². The number of hydrogen-bond donors (Lipinski definition) is 2. The number of likely N-dealkylation sites (N-methyl/N-ethyl adjacent to an activating group) is 1. The molecule has 1 aliphatic heterocycles. The Morgan fingerprint density at radius 1 is 1.18 bits per heavy atom. The van der Waals surface area contributed by atoms with E-state index in [9.17, 15) is 0 Å². The number of ether oxygens (including phenoxy) is 1. The van der Waals surface area contributed by atoms with Crippen LogP contribution in [-0.2, 0) is 11.2 Å². The minimum Gasteiger partial charge on any atom is -0.379 e. The van der Waals surface area contributed by atoms with Crippen molar-refractivity contribution < 1.29 is 4.74 Å². The van der Waals surface area contributed by atoms with Gasteiger partial charge in [-0.05, 0) is 46.0 Å². The third kappa shape index (κ3) is 10.0. The quantitative estimate of drug-likeness (QED) is 0.222. The smallest absolute Gasteiger partial charge is 0.191 e. The maximum atomic E-state index is 5.40. The molecule has 2 N–H and O–H groups in total. The first-order chi connectivity index (χ1) is 13.2. The standard InChI is InChI=1S/C21H37N5O.HI/c1-4-22-21(23-11-8-12-26-13-15-27-16-14-26)24-18-20(25(2)3)17-19-9-6-5-7-10-19;/h5-7,9-10,20H,4,8,11-18H2,1-3H3,(H2,22,23,24);1H. The molecule has 1 atom stereocenters. The lowest BCUT2D eigenvalue weighted by molar-refractivity contribution is 0.0376. The van der Waals surface area contributed by atoms with Crippen molar-refractivity contribution in [3.63, 3.8) is 0 Å². The lowest BCUT2D eigenvalue weighted by Gasteiger charge is -2.26. The maximum Gasteiger partial charge on any atom is 0.191 e. The summed E-state index contributed by atoms with van der Waals surface area (Å²) in [7, 11) is 4.26. The minimum absolute atomic E-state index is 0. The average molecular weight is 503 g/mol. The van der Waals surface area contributed by atoms with Crippen molar-refractivity contribution in [2.75, 3.05) is 66.6 Å². The van der Waals surface area contributed by atoms with Gasteiger partial charge in [0.1, 0.15) is 0 Å². The molecule has 7 heteroatoms. The fourth-order valence-corrected chi connectivity index (χ4v) is 3.17. The van der Waals surface area contributed by atoms with Gasteiger partial charge in [-0.15, -0.1) is 24.0 Å². The Hall–Kier alpha value is -0.900. The van der Waals surface area contributed by atoms with E-state index < -0.39 is 0 Å². The van der Waals surface area contributed by atoms with Crippen LogP contribution in [0.1, 0.15) is 18.9 Å². The third-order valence-electron chi connectivity index (χ3n) is 4.90. The van der Waals surface area contributed by atoms with Gasteiger partial charge in [-0.25, -0.2) is 0 Å². The normalized spacial score (nSPS) is 16.5. The summed E-state index contributed by atoms with van der Waals surface area (Å²) in [5, 5.41) is 6.85. The molecule has 1 saturated heterocycles. The lowest BCUT2D eigenvalue weighted by atomic mass is 10.1. The molecular weight excluding hydrogens is 465 g/mol. The molecule has 0 aromatic heterocycles. The van der Waals surface area contributed by atoms with Crippen LogP contribution in [0.2, 0.25) is 0 Å². The number of nitrogens with one attached hydrogen (secondary N) is 2. The topological polar surface area (TPSA) is 52.1 Å². The molecule has 160 valence electrons. The Morgan fingerprint density at radius 3 is 2.54 bits per heavy atom. The zero-order valence-electron chi connectivity index (χ0n) is 17.7. The van der Waals surface area contributed by atoms with Gasteiger partial charge in [-0.3, -0.25) is 9.89 Å². The highest BCUT2D eigenvalue weighted by atomic mass is 127. The van der Waals surface area contributed by atoms with Crippen LogP contribution >= 0.6 is 24.0 Å². The van der Waals surface area contributed by atoms with Crippen LogP contribution in [0.4, 0.5) is 0 Å². The molecule has 28 heavy (non-hydrogen) atoms. The van der Waals surface area contributed by atoms with Gasteiger partial charge in [0.2, 0.25) is 0 Å². The SMILES string of the molecule is CCNC(=NCC(Cc1ccccc1)N(C)C)NCCCN1CCOCC1.I. The van der Waals surface area contributed by atoms with Gasteiger partial charge in [0.15, 0.2) is 5.96 Å². The van der Waals surface area contributed by atoms with E-state index >= 15 is 0 Å². The molecule has 1 fully saturated rings. The minimum atomic E-state index is 0. The number of halogens is 1. The van der Waals surface area contributed by atoms with Crippen molar-refractivity contribution >= 4 is 29.9 Å². The Balaban J connectivity index is 0.00000392. The third-order valence-corrected chi connectivity index (χ3v) is 4.90. The summed E-state index contributed by atoms with van der Waals surface area (Å²) in [6.45, 7) is 9.66. The van der Waals surface area contributed by atoms with Crippen LogP contribution in [0, 0.1) is 0 Å². The van der Waals surface area contributed by atoms with Crippen LogP contribution < -0.4 is 10.6 Å². The average Bonchev–Trinajstić information content (AvgIpc) is 2.69. The summed E-state index contributed by atoms with van der Waals surface area (Å²) in [6, 6.07) is 11.0. The van der Waals surface area contributed by atoms with E-state index in [4.69, 9.17) is 9.73 Å². The summed E-state index contributed by atoms with van der Waals surface area (Å²) in [5.41, 5.74) is 1.36. The van der Waals surface area contributed by atoms with Crippen LogP contribution in [0.15, 0.2) is 35.3 Å². The first-order valence-corrected chi connectivity index (χ1v) is 10.2. The van der Waals surface area contributed by atoms with E-state index in [1.807, 2.05) is 0 Å². The fraction of sp³-hybridized carbons (Fsp3) is 0.667. The lowest BCUT2D eigenvalue weighted by Crippen LogP contribution is -2.41. The van der Waals surface area contributed by atoms with Gasteiger partial charge in [0.05, 0.1) is 19.8 Å². The van der Waals surface area contributed by atoms with Crippen molar-refractivity contribution in [3.8, 4) is 0 Å². The van der Waals surface area contributed by atoms with Gasteiger partial charge < -0.3 is 20.3 Å². The molecule has 0 amide bonds. The van der Waals surface area contributed by atoms with Crippen molar-refractivity contribution in [1.29, 1.82) is 0 Å². The molecule has 1 aromatic carbocycles. The van der Waals surface area contributed by atoms with Crippen LogP contribution in [0.3, 0.4) is 0 Å². The van der Waals surface area contributed by atoms with Crippen LogP contribution in [0.5, 0.6) is 0 Å². The second kappa shape index (κ2) is 15.0. The van der Waals surface area contributed by atoms with E-state index in [0.717, 1.165) is 71.3 Å². The van der Waals surface area contributed by atoms with Crippen LogP contribution in [0.25, 0.3) is 0 Å². The Kier molecular flexibility index (Phi) is 13.5. The largest absolute Gasteiger partial charge is 0.379 e. The molecule has 1 unspecified atom stereocenters. The molecule has 0 radical (unpaired) electrons. The first-order valence-electron chi connectivity index (χ1n) is 10.2. The maximum absolute atomic E-state index is 5.40. The molecular formula is C21H38IN5O. The molecule has 0 aliphatic carbocycles. The molecule has 2 rings (SSSR count). The van der Waals surface area contributed by atoms with Gasteiger partial charge >= 0.3 is 0 Å². The van der Waals surface area contributed by atoms with Crippen molar-refractivity contribution in [1.82, 2.24) is 20.4 Å². The van der Waals surface area contributed by atoms with Crippen molar-refractivity contribution in [2.45, 2.75) is 25.8 Å². The molecule has 1 aromatic rings. The number of hydrogen-bond acceptors (Lipinski definition) is 4. The van der Waals surface area contributed by atoms with E-state index in [-0.39, 0.29) is 24.0 Å². The summed E-state index contributed by atoms with van der Waals surface area (Å²) >= 11 is 0. The predicted molar refractivity (Wildman–Crippen MR) is 129 cm³/mol. The monoisotopic (exact) mass is 503 g/mol. The summed E-state index contributed by atoms with van der Waals surface area (Å²) in [6.07, 6.45) is 2.12. The predicted octanol–water partition coefficient (Wildman–Crippen LogP) is 2.05. The summed E-state index contributed by atoms with van der Waals surface area (Å²) in [5.74, 6) is 0.916. The second-order valence-electron chi connectivity index (χ2n) is 7.26. The number of morpholine rings is 1. The highest BCUT2D eigenvalue weighted by Gasteiger charge is 2.13. The van der Waals surface area contributed by atoms with E-state index in [2.05, 4.69) is 71.8 Å². The van der Waals surface area contributed by atoms with Crippen LogP contribution in [-0.4, -0.2) is 88.4 Å². The number of aliphatic imine (C=N–C) groups is 1. The van der Waals surface area contributed by atoms with Crippen molar-refractivity contribution in [3.05, 3.63) is 35.9 Å². The zero-order valence-corrected chi connectivity index (χ0v) is 20.0. The van der Waals surface area contributed by atoms with Gasteiger partial charge in [0, 0.05) is 32.2 Å². The zero-order chi connectivity index (χ0) is 19.3. The first kappa shape index (κ1) is 25.1. The molecule has 1 heterocycles. The number of rotatable bonds is 10. The molecule has 0 bridgehead atoms. The highest BCUT2D eigenvalue weighted by Crippen LogP contribution is 2.07. The Labute approximate surface area is 188 Å². The van der Waals surface area contributed by atoms with Crippen molar-refractivity contribution in [2.24, 2.45) is 4.99 Å². The van der Waals surface area contributed by atoms with E-state index in [1.165, 1.54) is 5.56 Å².